The number of nitrogens with one attached hydrogen (secondary N) is 1. The molecule has 1 unspecified atom stereocenters. The van der Waals surface area contributed by atoms with E-state index in [1.165, 1.54) is 0 Å². The van der Waals surface area contributed by atoms with Crippen molar-refractivity contribution in [2.24, 2.45) is 0 Å². The van der Waals surface area contributed by atoms with E-state index in [1.54, 1.807) is 4.41 Å². The van der Waals surface area contributed by atoms with E-state index >= 15 is 0 Å². The van der Waals surface area contributed by atoms with Crippen molar-refractivity contribution in [1.29, 1.82) is 0 Å². The Hall–Kier alpha value is 0.410. The lowest BCUT2D eigenvalue weighted by atomic mass is 10.1. The van der Waals surface area contributed by atoms with Gasteiger partial charge >= 0.3 is 0 Å². The van der Waals surface area contributed by atoms with Crippen LogP contribution in [0.1, 0.15) is 0 Å². The van der Waals surface area contributed by atoms with E-state index in [0.717, 1.165) is 11.4 Å². The number of hydrogen-bond acceptors (Lipinski definition) is 4. The van der Waals surface area contributed by atoms with Crippen molar-refractivity contribution in [1.82, 2.24) is 14.7 Å². The Morgan fingerprint density at radius 1 is 1.64 bits per heavy atom. The standard InChI is InChI=1S/C8H10ClIN3S/c1-12-8-3-6(10)5(9)2-7(8)11-4-13(12)14/h2-3,5-6,11H,4H2,1H3/q-1/t5-,6?/m1/s1. The molecule has 0 amide bonds. The molecule has 1 saturated heterocycles. The molecule has 14 heavy (non-hydrogen) atoms. The predicted molar refractivity (Wildman–Crippen MR) is 68.6 cm³/mol. The number of hydrazine groups is 1. The van der Waals surface area contributed by atoms with Crippen molar-refractivity contribution >= 4 is 47.0 Å². The van der Waals surface area contributed by atoms with Gasteiger partial charge in [0, 0.05) is 7.05 Å². The number of allylic oxidation sites excluding steroid dienone is 2. The Bertz CT molecular complexity index is 307. The fraction of sp³-hybridized carbons (Fsp3) is 0.500. The SMILES string of the molecule is CN1C2=CC(I)[C@H](Cl)C=C2NCN1[S-]. The van der Waals surface area contributed by atoms with Gasteiger partial charge in [0.2, 0.25) is 0 Å². The van der Waals surface area contributed by atoms with Gasteiger partial charge in [-0.3, -0.25) is 0 Å². The highest BCUT2D eigenvalue weighted by atomic mass is 127. The van der Waals surface area contributed by atoms with Gasteiger partial charge < -0.3 is 27.6 Å². The summed E-state index contributed by atoms with van der Waals surface area (Å²) in [6.07, 6.45) is 4.19. The molecule has 2 atom stereocenters. The van der Waals surface area contributed by atoms with Crippen LogP contribution in [0.4, 0.5) is 0 Å². The third-order valence-corrected chi connectivity index (χ3v) is 4.64. The van der Waals surface area contributed by atoms with E-state index < -0.39 is 0 Å². The molecule has 0 radical (unpaired) electrons. The minimum Gasteiger partial charge on any atom is -0.676 e. The molecular formula is C8H10ClIN3S-. The summed E-state index contributed by atoms with van der Waals surface area (Å²) < 4.78 is 2.03. The third-order valence-electron chi connectivity index (χ3n) is 2.31. The summed E-state index contributed by atoms with van der Waals surface area (Å²) in [5.74, 6) is 0. The zero-order valence-electron chi connectivity index (χ0n) is 7.58. The van der Waals surface area contributed by atoms with Crippen LogP contribution in [0.5, 0.6) is 0 Å². The minimum absolute atomic E-state index is 0.0620. The molecule has 0 aromatic rings. The first-order chi connectivity index (χ1) is 6.59. The van der Waals surface area contributed by atoms with Crippen LogP contribution in [0.3, 0.4) is 0 Å². The van der Waals surface area contributed by atoms with Gasteiger partial charge in [-0.2, -0.15) is 0 Å². The second-order valence-corrected chi connectivity index (χ2v) is 5.60. The highest BCUT2D eigenvalue weighted by molar-refractivity contribution is 14.1. The molecule has 2 aliphatic rings. The van der Waals surface area contributed by atoms with E-state index in [1.807, 2.05) is 18.1 Å². The molecule has 1 fully saturated rings. The first-order valence-electron chi connectivity index (χ1n) is 4.24. The third kappa shape index (κ3) is 1.87. The van der Waals surface area contributed by atoms with Crippen molar-refractivity contribution in [3.05, 3.63) is 23.5 Å². The van der Waals surface area contributed by atoms with Crippen LogP contribution in [0.15, 0.2) is 23.5 Å². The lowest BCUT2D eigenvalue weighted by Gasteiger charge is -2.48. The van der Waals surface area contributed by atoms with Crippen molar-refractivity contribution < 1.29 is 0 Å². The van der Waals surface area contributed by atoms with Gasteiger partial charge in [-0.05, 0) is 12.2 Å². The largest absolute Gasteiger partial charge is 0.676 e. The number of rotatable bonds is 0. The quantitative estimate of drug-likeness (QED) is 0.407. The number of nitrogens with zero attached hydrogens (tertiary/aromatic N) is 2. The highest BCUT2D eigenvalue weighted by Crippen LogP contribution is 2.29. The second kappa shape index (κ2) is 4.11. The molecule has 1 aliphatic heterocycles. The normalized spacial score (nSPS) is 33.0. The first kappa shape index (κ1) is 10.9. The molecule has 0 aromatic heterocycles. The molecule has 2 rings (SSSR count). The van der Waals surface area contributed by atoms with E-state index in [-0.39, 0.29) is 5.38 Å². The highest BCUT2D eigenvalue weighted by Gasteiger charge is 2.25. The summed E-state index contributed by atoms with van der Waals surface area (Å²) in [7, 11) is 1.96. The zero-order chi connectivity index (χ0) is 10.3. The Balaban J connectivity index is 2.29. The summed E-state index contributed by atoms with van der Waals surface area (Å²) in [6, 6.07) is 0. The van der Waals surface area contributed by atoms with Crippen LogP contribution in [0.2, 0.25) is 0 Å². The maximum absolute atomic E-state index is 6.14. The smallest absolute Gasteiger partial charge is 0.0700 e. The fourth-order valence-corrected chi connectivity index (χ4v) is 2.38. The van der Waals surface area contributed by atoms with Crippen molar-refractivity contribution in [2.75, 3.05) is 13.7 Å². The summed E-state index contributed by atoms with van der Waals surface area (Å²) >= 11 is 13.6. The molecule has 78 valence electrons. The Kier molecular flexibility index (Phi) is 3.21. The molecule has 3 nitrogen and oxygen atoms in total. The van der Waals surface area contributed by atoms with Crippen LogP contribution >= 0.6 is 34.2 Å². The summed E-state index contributed by atoms with van der Waals surface area (Å²) in [6.45, 7) is 0.643. The minimum atomic E-state index is 0.0620. The summed E-state index contributed by atoms with van der Waals surface area (Å²) in [5, 5.41) is 5.26. The number of likely N-dealkylation sites (N-methyl/N-ethyl adjacent to an activating group) is 1. The van der Waals surface area contributed by atoms with E-state index in [9.17, 15) is 0 Å². The summed E-state index contributed by atoms with van der Waals surface area (Å²) in [5.41, 5.74) is 2.20. The number of fused-ring (bicyclic) bond motifs is 1. The lowest BCUT2D eigenvalue weighted by Crippen LogP contribution is -2.49. The van der Waals surface area contributed by atoms with Crippen molar-refractivity contribution in [3.63, 3.8) is 0 Å². The zero-order valence-corrected chi connectivity index (χ0v) is 11.3. The van der Waals surface area contributed by atoms with Crippen LogP contribution in [-0.2, 0) is 12.8 Å². The van der Waals surface area contributed by atoms with Gasteiger partial charge in [-0.15, -0.1) is 11.6 Å². The van der Waals surface area contributed by atoms with E-state index in [2.05, 4.69) is 34.0 Å². The van der Waals surface area contributed by atoms with Gasteiger partial charge in [0.15, 0.2) is 0 Å². The second-order valence-electron chi connectivity index (χ2n) is 3.23. The molecule has 1 aliphatic carbocycles. The Morgan fingerprint density at radius 3 is 3.07 bits per heavy atom. The topological polar surface area (TPSA) is 18.5 Å². The molecule has 0 saturated carbocycles. The predicted octanol–water partition coefficient (Wildman–Crippen LogP) is 1.35. The van der Waals surface area contributed by atoms with Crippen LogP contribution in [0, 0.1) is 0 Å². The number of hydrogen-bond donors (Lipinski definition) is 1. The van der Waals surface area contributed by atoms with E-state index in [4.69, 9.17) is 24.4 Å². The van der Waals surface area contributed by atoms with Crippen LogP contribution < -0.4 is 5.32 Å². The van der Waals surface area contributed by atoms with Crippen molar-refractivity contribution in [3.8, 4) is 0 Å². The lowest BCUT2D eigenvalue weighted by molar-refractivity contribution is 0.126. The molecule has 6 heteroatoms. The van der Waals surface area contributed by atoms with Gasteiger partial charge in [0.1, 0.15) is 0 Å². The van der Waals surface area contributed by atoms with Crippen molar-refractivity contribution in [2.45, 2.75) is 9.30 Å². The van der Waals surface area contributed by atoms with Gasteiger partial charge in [-0.1, -0.05) is 22.6 Å². The summed E-state index contributed by atoms with van der Waals surface area (Å²) in [4.78, 5) is 0. The monoisotopic (exact) mass is 342 g/mol. The molecule has 0 aromatic carbocycles. The van der Waals surface area contributed by atoms with Gasteiger partial charge in [0.05, 0.1) is 27.4 Å². The maximum atomic E-state index is 6.14. The fourth-order valence-electron chi connectivity index (χ4n) is 1.48. The average Bonchev–Trinajstić information content (AvgIpc) is 2.15. The molecule has 0 spiro atoms. The molecule has 0 bridgehead atoms. The Labute approximate surface area is 108 Å². The maximum Gasteiger partial charge on any atom is 0.0700 e. The number of halogens is 2. The Morgan fingerprint density at radius 2 is 2.36 bits per heavy atom. The van der Waals surface area contributed by atoms with Crippen LogP contribution in [-0.4, -0.2) is 32.4 Å². The average molecular weight is 343 g/mol. The molecule has 1 heterocycles. The number of alkyl halides is 2. The van der Waals surface area contributed by atoms with Gasteiger partial charge in [0.25, 0.3) is 0 Å². The molecular weight excluding hydrogens is 333 g/mol. The van der Waals surface area contributed by atoms with E-state index in [0.29, 0.717) is 10.6 Å². The van der Waals surface area contributed by atoms with Gasteiger partial charge in [-0.25, -0.2) is 0 Å². The van der Waals surface area contributed by atoms with Crippen LogP contribution in [0.25, 0.3) is 0 Å². The molecule has 1 N–H and O–H groups in total. The first-order valence-corrected chi connectivity index (χ1v) is 6.28.